The Morgan fingerprint density at radius 1 is 0.917 bits per heavy atom. The molecule has 0 aliphatic carbocycles. The van der Waals surface area contributed by atoms with E-state index < -0.39 is 30.6 Å². The number of amides is 2. The maximum Gasteiger partial charge on any atom is 0.359 e. The summed E-state index contributed by atoms with van der Waals surface area (Å²) in [5, 5.41) is 9.36. The number of nitrogens with zero attached hydrogens (tertiary/aromatic N) is 2. The maximum atomic E-state index is 12.8. The number of esters is 2. The zero-order valence-corrected chi connectivity index (χ0v) is 19.5. The van der Waals surface area contributed by atoms with Crippen molar-refractivity contribution in [2.24, 2.45) is 0 Å². The van der Waals surface area contributed by atoms with Crippen LogP contribution in [0.25, 0.3) is 0 Å². The van der Waals surface area contributed by atoms with E-state index in [1.807, 2.05) is 36.4 Å². The van der Waals surface area contributed by atoms with Gasteiger partial charge >= 0.3 is 18.0 Å². The van der Waals surface area contributed by atoms with Crippen molar-refractivity contribution in [3.8, 4) is 0 Å². The minimum atomic E-state index is -0.823. The molecule has 1 aliphatic rings. The number of ether oxygens (including phenoxy) is 2. The molecule has 2 aromatic carbocycles. The second-order valence-corrected chi connectivity index (χ2v) is 7.83. The monoisotopic (exact) mass is 488 g/mol. The number of urea groups is 1. The number of carbonyl (C=O) groups is 3. The molecule has 2 heterocycles. The molecule has 10 heteroatoms. The van der Waals surface area contributed by atoms with Crippen LogP contribution in [-0.4, -0.2) is 41.0 Å². The van der Waals surface area contributed by atoms with E-state index in [1.165, 1.54) is 12.1 Å². The molecule has 0 saturated carbocycles. The van der Waals surface area contributed by atoms with Gasteiger partial charge in [-0.3, -0.25) is 4.79 Å². The third kappa shape index (κ3) is 5.66. The topological polar surface area (TPSA) is 129 Å². The first-order chi connectivity index (χ1) is 17.5. The first-order valence-electron chi connectivity index (χ1n) is 11.3. The predicted octanol–water partition coefficient (Wildman–Crippen LogP) is 2.32. The quantitative estimate of drug-likeness (QED) is 0.466. The first kappa shape index (κ1) is 24.4. The van der Waals surface area contributed by atoms with E-state index in [0.29, 0.717) is 5.56 Å². The van der Waals surface area contributed by atoms with Crippen LogP contribution in [0.1, 0.15) is 34.6 Å². The molecule has 2 amide bonds. The normalized spacial score (nSPS) is 15.0. The summed E-state index contributed by atoms with van der Waals surface area (Å²) in [5.41, 5.74) is 1.25. The Bertz CT molecular complexity index is 1350. The molecule has 184 valence electrons. The summed E-state index contributed by atoms with van der Waals surface area (Å²) in [7, 11) is 0. The minimum Gasteiger partial charge on any atom is -0.463 e. The van der Waals surface area contributed by atoms with Crippen molar-refractivity contribution in [1.29, 1.82) is 0 Å². The van der Waals surface area contributed by atoms with Gasteiger partial charge in [0.2, 0.25) is 0 Å². The molecule has 1 aromatic heterocycles. The van der Waals surface area contributed by atoms with Crippen LogP contribution in [0.3, 0.4) is 0 Å². The maximum absolute atomic E-state index is 12.8. The van der Waals surface area contributed by atoms with Crippen molar-refractivity contribution >= 4 is 18.0 Å². The molecule has 3 aromatic rings. The molecule has 1 aliphatic heterocycles. The van der Waals surface area contributed by atoms with Crippen molar-refractivity contribution in [2.75, 3.05) is 13.2 Å². The van der Waals surface area contributed by atoms with Gasteiger partial charge in [0.25, 0.3) is 5.56 Å². The zero-order valence-electron chi connectivity index (χ0n) is 19.5. The Hall–Kier alpha value is -4.73. The van der Waals surface area contributed by atoms with Gasteiger partial charge < -0.3 is 20.1 Å². The Morgan fingerprint density at radius 2 is 1.61 bits per heavy atom. The van der Waals surface area contributed by atoms with Gasteiger partial charge in [0.1, 0.15) is 6.61 Å². The van der Waals surface area contributed by atoms with E-state index in [0.717, 1.165) is 10.2 Å². The molecule has 2 N–H and O–H groups in total. The van der Waals surface area contributed by atoms with E-state index in [-0.39, 0.29) is 35.7 Å². The van der Waals surface area contributed by atoms with E-state index in [9.17, 15) is 19.2 Å². The summed E-state index contributed by atoms with van der Waals surface area (Å²) in [6.07, 6.45) is 0. The van der Waals surface area contributed by atoms with Gasteiger partial charge in [0.05, 0.1) is 30.5 Å². The lowest BCUT2D eigenvalue weighted by Gasteiger charge is -2.29. The fourth-order valence-corrected chi connectivity index (χ4v) is 3.72. The summed E-state index contributed by atoms with van der Waals surface area (Å²) < 4.78 is 11.7. The highest BCUT2D eigenvalue weighted by atomic mass is 16.5. The van der Waals surface area contributed by atoms with Gasteiger partial charge in [-0.1, -0.05) is 60.7 Å². The van der Waals surface area contributed by atoms with Crippen molar-refractivity contribution < 1.29 is 23.9 Å². The SMILES string of the molecule is CCOC(=O)C1=C(COC(=O)c2ccc(=O)n(Cc3ccccc3)n2)NC(=O)NC1c1ccccc1. The van der Waals surface area contributed by atoms with Crippen LogP contribution < -0.4 is 16.2 Å². The molecule has 4 rings (SSSR count). The second-order valence-electron chi connectivity index (χ2n) is 7.83. The van der Waals surface area contributed by atoms with E-state index in [1.54, 1.807) is 31.2 Å². The fourth-order valence-electron chi connectivity index (χ4n) is 3.72. The van der Waals surface area contributed by atoms with Crippen molar-refractivity contribution in [1.82, 2.24) is 20.4 Å². The molecule has 10 nitrogen and oxygen atoms in total. The number of nitrogens with one attached hydrogen (secondary N) is 2. The summed E-state index contributed by atoms with van der Waals surface area (Å²) in [5.74, 6) is -1.48. The van der Waals surface area contributed by atoms with Gasteiger partial charge in [-0.15, -0.1) is 0 Å². The van der Waals surface area contributed by atoms with E-state index >= 15 is 0 Å². The standard InChI is InChI=1S/C26H24N4O6/c1-2-35-25(33)22-20(27-26(34)28-23(22)18-11-7-4-8-12-18)16-36-24(32)19-13-14-21(31)30(29-19)15-17-9-5-3-6-10-17/h3-14,23H,2,15-16H2,1H3,(H2,27,28,34). The molecular weight excluding hydrogens is 464 g/mol. The van der Waals surface area contributed by atoms with Gasteiger partial charge in [-0.05, 0) is 24.1 Å². The van der Waals surface area contributed by atoms with Crippen molar-refractivity contribution in [3.05, 3.63) is 111 Å². The van der Waals surface area contributed by atoms with Crippen molar-refractivity contribution in [3.63, 3.8) is 0 Å². The summed E-state index contributed by atoms with van der Waals surface area (Å²) in [6, 6.07) is 19.2. The summed E-state index contributed by atoms with van der Waals surface area (Å²) >= 11 is 0. The smallest absolute Gasteiger partial charge is 0.359 e. The number of hydrogen-bond acceptors (Lipinski definition) is 7. The van der Waals surface area contributed by atoms with Gasteiger partial charge in [-0.25, -0.2) is 19.1 Å². The highest BCUT2D eigenvalue weighted by Gasteiger charge is 2.34. The number of carbonyl (C=O) groups excluding carboxylic acids is 3. The average Bonchev–Trinajstić information content (AvgIpc) is 2.89. The Balaban J connectivity index is 1.58. The van der Waals surface area contributed by atoms with Crippen LogP contribution in [0, 0.1) is 0 Å². The van der Waals surface area contributed by atoms with E-state index in [4.69, 9.17) is 9.47 Å². The molecular formula is C26H24N4O6. The molecule has 0 spiro atoms. The van der Waals surface area contributed by atoms with Gasteiger partial charge in [0, 0.05) is 6.07 Å². The number of hydrogen-bond donors (Lipinski definition) is 2. The Labute approximate surface area is 206 Å². The number of benzene rings is 2. The highest BCUT2D eigenvalue weighted by molar-refractivity contribution is 5.95. The average molecular weight is 489 g/mol. The zero-order chi connectivity index (χ0) is 25.5. The third-order valence-corrected chi connectivity index (χ3v) is 5.38. The Kier molecular flexibility index (Phi) is 7.54. The lowest BCUT2D eigenvalue weighted by molar-refractivity contribution is -0.139. The molecule has 0 saturated heterocycles. The molecule has 1 atom stereocenters. The van der Waals surface area contributed by atoms with Crippen LogP contribution in [0.2, 0.25) is 0 Å². The lowest BCUT2D eigenvalue weighted by Crippen LogP contribution is -2.47. The van der Waals surface area contributed by atoms with Gasteiger partial charge in [-0.2, -0.15) is 5.10 Å². The molecule has 36 heavy (non-hydrogen) atoms. The van der Waals surface area contributed by atoms with Gasteiger partial charge in [0.15, 0.2) is 5.69 Å². The molecule has 0 fully saturated rings. The predicted molar refractivity (Wildman–Crippen MR) is 129 cm³/mol. The van der Waals surface area contributed by atoms with Crippen LogP contribution >= 0.6 is 0 Å². The number of rotatable bonds is 8. The number of aromatic nitrogens is 2. The summed E-state index contributed by atoms with van der Waals surface area (Å²) in [4.78, 5) is 50.2. The van der Waals surface area contributed by atoms with Crippen LogP contribution in [0.5, 0.6) is 0 Å². The van der Waals surface area contributed by atoms with Crippen molar-refractivity contribution in [2.45, 2.75) is 19.5 Å². The highest BCUT2D eigenvalue weighted by Crippen LogP contribution is 2.27. The molecule has 1 unspecified atom stereocenters. The second kappa shape index (κ2) is 11.1. The lowest BCUT2D eigenvalue weighted by atomic mass is 9.95. The summed E-state index contributed by atoms with van der Waals surface area (Å²) in [6.45, 7) is 1.56. The molecule has 0 radical (unpaired) electrons. The Morgan fingerprint density at radius 3 is 2.31 bits per heavy atom. The van der Waals surface area contributed by atoms with Crippen LogP contribution in [0.15, 0.2) is 88.9 Å². The minimum absolute atomic E-state index is 0.0938. The first-order valence-corrected chi connectivity index (χ1v) is 11.3. The van der Waals surface area contributed by atoms with Crippen LogP contribution in [0.4, 0.5) is 4.79 Å². The molecule has 0 bridgehead atoms. The fraction of sp³-hybridized carbons (Fsp3) is 0.192. The third-order valence-electron chi connectivity index (χ3n) is 5.38. The van der Waals surface area contributed by atoms with E-state index in [2.05, 4.69) is 15.7 Å². The largest absolute Gasteiger partial charge is 0.463 e. The van der Waals surface area contributed by atoms with Crippen LogP contribution in [-0.2, 0) is 20.8 Å².